The van der Waals surface area contributed by atoms with Crippen LogP contribution >= 0.6 is 12.2 Å². The number of nitrogens with one attached hydrogen (secondary N) is 1. The lowest BCUT2D eigenvalue weighted by Crippen LogP contribution is -2.20. The number of para-hydroxylation sites is 1. The summed E-state index contributed by atoms with van der Waals surface area (Å²) >= 11 is 4.45. The summed E-state index contributed by atoms with van der Waals surface area (Å²) < 4.78 is 0. The van der Waals surface area contributed by atoms with E-state index in [1.54, 1.807) is 6.20 Å². The number of aliphatic carboxylic acids is 1. The Morgan fingerprint density at radius 1 is 1.53 bits per heavy atom. The molecule has 4 nitrogen and oxygen atoms in total. The Kier molecular flexibility index (Phi) is 3.32. The molecule has 2 aromatic rings. The minimum atomic E-state index is -0.993. The molecule has 0 saturated carbocycles. The van der Waals surface area contributed by atoms with Crippen LogP contribution in [0.15, 0.2) is 35.5 Å². The van der Waals surface area contributed by atoms with Gasteiger partial charge in [-0.2, -0.15) is 0 Å². The molecular formula is C12H10N2O2S. The van der Waals surface area contributed by atoms with Crippen LogP contribution in [0.4, 0.5) is 0 Å². The summed E-state index contributed by atoms with van der Waals surface area (Å²) in [5.41, 5.74) is 1.90. The van der Waals surface area contributed by atoms with Gasteiger partial charge in [0.1, 0.15) is 0 Å². The number of hydrogen-bond donors (Lipinski definition) is 2. The topological polar surface area (TPSA) is 65.4 Å². The average molecular weight is 246 g/mol. The van der Waals surface area contributed by atoms with Crippen LogP contribution in [-0.4, -0.2) is 27.3 Å². The van der Waals surface area contributed by atoms with Crippen LogP contribution in [0.25, 0.3) is 10.9 Å². The fraction of sp³-hybridized carbons (Fsp3) is 0.167. The first-order valence-corrected chi connectivity index (χ1v) is 5.48. The van der Waals surface area contributed by atoms with Crippen molar-refractivity contribution in [1.29, 1.82) is 0 Å². The summed E-state index contributed by atoms with van der Waals surface area (Å²) in [6.07, 6.45) is 2.11. The summed E-state index contributed by atoms with van der Waals surface area (Å²) in [5.74, 6) is -0.993. The maximum absolute atomic E-state index is 11.0. The Hall–Kier alpha value is -1.97. The van der Waals surface area contributed by atoms with Crippen molar-refractivity contribution in [2.45, 2.75) is 12.5 Å². The van der Waals surface area contributed by atoms with E-state index in [2.05, 4.69) is 27.4 Å². The molecular weight excluding hydrogens is 236 g/mol. The third kappa shape index (κ3) is 2.41. The van der Waals surface area contributed by atoms with Gasteiger partial charge in [0.15, 0.2) is 6.04 Å². The SMILES string of the molecule is O=C(O)[C@H](Cc1c[nH]c2ccccc12)N=C=S. The van der Waals surface area contributed by atoms with Gasteiger partial charge >= 0.3 is 5.97 Å². The minimum Gasteiger partial charge on any atom is -0.480 e. The molecule has 1 heterocycles. The van der Waals surface area contributed by atoms with Crippen LogP contribution in [0, 0.1) is 0 Å². The molecule has 5 heteroatoms. The van der Waals surface area contributed by atoms with E-state index in [9.17, 15) is 4.79 Å². The highest BCUT2D eigenvalue weighted by Gasteiger charge is 2.18. The smallest absolute Gasteiger partial charge is 0.329 e. The third-order valence-corrected chi connectivity index (χ3v) is 2.69. The molecule has 0 aliphatic heterocycles. The molecule has 0 saturated heterocycles. The molecule has 0 aliphatic rings. The second kappa shape index (κ2) is 4.91. The van der Waals surface area contributed by atoms with Gasteiger partial charge in [-0.1, -0.05) is 18.2 Å². The number of nitrogens with zero attached hydrogens (tertiary/aromatic N) is 1. The second-order valence-corrected chi connectivity index (χ2v) is 3.82. The summed E-state index contributed by atoms with van der Waals surface area (Å²) in [4.78, 5) is 17.7. The number of aliphatic imine (C=N–C) groups is 1. The van der Waals surface area contributed by atoms with Crippen LogP contribution < -0.4 is 0 Å². The zero-order valence-corrected chi connectivity index (χ0v) is 9.70. The van der Waals surface area contributed by atoms with Crippen LogP contribution in [0.3, 0.4) is 0 Å². The number of aromatic nitrogens is 1. The van der Waals surface area contributed by atoms with Crippen LogP contribution in [0.5, 0.6) is 0 Å². The van der Waals surface area contributed by atoms with Crippen molar-refractivity contribution in [3.63, 3.8) is 0 Å². The second-order valence-electron chi connectivity index (χ2n) is 3.64. The van der Waals surface area contributed by atoms with Crippen molar-refractivity contribution in [1.82, 2.24) is 4.98 Å². The molecule has 0 unspecified atom stereocenters. The molecule has 0 aliphatic carbocycles. The number of hydrogen-bond acceptors (Lipinski definition) is 3. The summed E-state index contributed by atoms with van der Waals surface area (Å²) in [7, 11) is 0. The van der Waals surface area contributed by atoms with Gasteiger partial charge in [0.25, 0.3) is 0 Å². The zero-order valence-electron chi connectivity index (χ0n) is 8.88. The summed E-state index contributed by atoms with van der Waals surface area (Å²) in [5, 5.41) is 12.1. The predicted octanol–water partition coefficient (Wildman–Crippen LogP) is 2.27. The van der Waals surface area contributed by atoms with Crippen molar-refractivity contribution in [2.75, 3.05) is 0 Å². The largest absolute Gasteiger partial charge is 0.480 e. The zero-order chi connectivity index (χ0) is 12.3. The van der Waals surface area contributed by atoms with Gasteiger partial charge in [0, 0.05) is 23.5 Å². The van der Waals surface area contributed by atoms with Gasteiger partial charge < -0.3 is 10.1 Å². The Labute approximate surface area is 103 Å². The van der Waals surface area contributed by atoms with E-state index in [-0.39, 0.29) is 0 Å². The van der Waals surface area contributed by atoms with Gasteiger partial charge in [-0.05, 0) is 23.8 Å². The lowest BCUT2D eigenvalue weighted by atomic mass is 10.1. The standard InChI is InChI=1S/C12H10N2O2S/c15-12(16)11(14-7-17)5-8-6-13-10-4-2-1-3-9(8)10/h1-4,6,11,13H,5H2,(H,15,16)/t11-/m0/s1. The van der Waals surface area contributed by atoms with Crippen LogP contribution in [0.1, 0.15) is 5.56 Å². The van der Waals surface area contributed by atoms with Crippen molar-refractivity contribution in [3.8, 4) is 0 Å². The first-order chi connectivity index (χ1) is 8.22. The van der Waals surface area contributed by atoms with E-state index in [4.69, 9.17) is 5.11 Å². The van der Waals surface area contributed by atoms with Crippen molar-refractivity contribution < 1.29 is 9.90 Å². The van der Waals surface area contributed by atoms with Gasteiger partial charge in [-0.25, -0.2) is 9.79 Å². The third-order valence-electron chi connectivity index (χ3n) is 2.58. The molecule has 0 bridgehead atoms. The molecule has 17 heavy (non-hydrogen) atoms. The number of H-pyrrole nitrogens is 1. The first kappa shape index (κ1) is 11.5. The Morgan fingerprint density at radius 3 is 3.00 bits per heavy atom. The molecule has 0 radical (unpaired) electrons. The highest BCUT2D eigenvalue weighted by molar-refractivity contribution is 7.78. The quantitative estimate of drug-likeness (QED) is 0.642. The number of benzene rings is 1. The van der Waals surface area contributed by atoms with Crippen molar-refractivity contribution in [3.05, 3.63) is 36.0 Å². The number of carboxylic acids is 1. The van der Waals surface area contributed by atoms with Crippen LogP contribution in [0.2, 0.25) is 0 Å². The highest BCUT2D eigenvalue weighted by atomic mass is 32.1. The Balaban J connectivity index is 2.34. The monoisotopic (exact) mass is 246 g/mol. The predicted molar refractivity (Wildman–Crippen MR) is 68.5 cm³/mol. The number of rotatable bonds is 4. The molecule has 1 aromatic carbocycles. The van der Waals surface area contributed by atoms with E-state index in [0.717, 1.165) is 16.5 Å². The number of carboxylic acid groups (broad SMARTS) is 1. The fourth-order valence-electron chi connectivity index (χ4n) is 1.76. The molecule has 1 atom stereocenters. The average Bonchev–Trinajstić information content (AvgIpc) is 2.72. The minimum absolute atomic E-state index is 0.309. The maximum Gasteiger partial charge on any atom is 0.329 e. The van der Waals surface area contributed by atoms with Crippen LogP contribution in [-0.2, 0) is 11.2 Å². The van der Waals surface area contributed by atoms with Crippen molar-refractivity contribution in [2.24, 2.45) is 4.99 Å². The normalized spacial score (nSPS) is 12.0. The van der Waals surface area contributed by atoms with Gasteiger partial charge in [0.2, 0.25) is 0 Å². The summed E-state index contributed by atoms with van der Waals surface area (Å²) in [6.45, 7) is 0. The molecule has 1 aromatic heterocycles. The molecule has 2 rings (SSSR count). The molecule has 2 N–H and O–H groups in total. The number of fused-ring (bicyclic) bond motifs is 1. The number of thiocarbonyl (C=S) groups is 1. The maximum atomic E-state index is 11.0. The highest BCUT2D eigenvalue weighted by Crippen LogP contribution is 2.19. The molecule has 0 fully saturated rings. The van der Waals surface area contributed by atoms with E-state index < -0.39 is 12.0 Å². The Morgan fingerprint density at radius 2 is 2.29 bits per heavy atom. The lowest BCUT2D eigenvalue weighted by Gasteiger charge is -2.04. The lowest BCUT2D eigenvalue weighted by molar-refractivity contribution is -0.138. The number of aromatic amines is 1. The van der Waals surface area contributed by atoms with Gasteiger partial charge in [-0.3, -0.25) is 0 Å². The molecule has 0 spiro atoms. The first-order valence-electron chi connectivity index (χ1n) is 5.07. The fourth-order valence-corrected chi connectivity index (χ4v) is 1.89. The van der Waals surface area contributed by atoms with E-state index in [0.29, 0.717) is 6.42 Å². The number of isothiocyanates is 1. The van der Waals surface area contributed by atoms with Crippen molar-refractivity contribution >= 4 is 34.3 Å². The van der Waals surface area contributed by atoms with E-state index >= 15 is 0 Å². The van der Waals surface area contributed by atoms with E-state index in [1.807, 2.05) is 24.3 Å². The van der Waals surface area contributed by atoms with Gasteiger partial charge in [-0.15, -0.1) is 0 Å². The molecule has 0 amide bonds. The Bertz CT molecular complexity index is 597. The van der Waals surface area contributed by atoms with E-state index in [1.165, 1.54) is 0 Å². The summed E-state index contributed by atoms with van der Waals surface area (Å²) in [6, 6.07) is 6.86. The number of carbonyl (C=O) groups is 1. The van der Waals surface area contributed by atoms with Gasteiger partial charge in [0.05, 0.1) is 5.16 Å². The molecule has 86 valence electrons.